The summed E-state index contributed by atoms with van der Waals surface area (Å²) < 4.78 is 11.0. The van der Waals surface area contributed by atoms with Crippen molar-refractivity contribution < 1.29 is 14.1 Å². The predicted molar refractivity (Wildman–Crippen MR) is 102 cm³/mol. The summed E-state index contributed by atoms with van der Waals surface area (Å²) in [6.07, 6.45) is -0.633. The molecule has 0 fully saturated rings. The molecule has 3 aromatic rings. The van der Waals surface area contributed by atoms with Crippen LogP contribution in [-0.4, -0.2) is 22.2 Å². The van der Waals surface area contributed by atoms with E-state index in [0.717, 1.165) is 22.3 Å². The Morgan fingerprint density at radius 2 is 1.81 bits per heavy atom. The summed E-state index contributed by atoms with van der Waals surface area (Å²) in [5, 5.41) is 6.72. The van der Waals surface area contributed by atoms with Gasteiger partial charge in [0.15, 0.2) is 6.10 Å². The minimum Gasteiger partial charge on any atom is -0.481 e. The van der Waals surface area contributed by atoms with Crippen LogP contribution in [0.25, 0.3) is 11.4 Å². The molecule has 27 heavy (non-hydrogen) atoms. The maximum Gasteiger partial charge on any atom is 0.261 e. The van der Waals surface area contributed by atoms with Crippen LogP contribution in [0.4, 0.5) is 0 Å². The van der Waals surface area contributed by atoms with Crippen LogP contribution < -0.4 is 10.1 Å². The molecular weight excluding hydrogens is 342 g/mol. The highest BCUT2D eigenvalue weighted by Gasteiger charge is 2.17. The largest absolute Gasteiger partial charge is 0.481 e. The van der Waals surface area contributed by atoms with Gasteiger partial charge in [0.05, 0.1) is 6.54 Å². The predicted octanol–water partition coefficient (Wildman–Crippen LogP) is 3.75. The monoisotopic (exact) mass is 365 g/mol. The standard InChI is InChI=1S/C21H23N3O3/c1-13-5-8-17(9-6-13)20-23-19(27-24-20)12-22-21(25)16(4)26-18-10-7-14(2)11-15(18)3/h5-11,16H,12H2,1-4H3,(H,22,25). The Hall–Kier alpha value is -3.15. The van der Waals surface area contributed by atoms with Gasteiger partial charge < -0.3 is 14.6 Å². The first-order chi connectivity index (χ1) is 12.9. The molecule has 3 rings (SSSR count). The van der Waals surface area contributed by atoms with Crippen molar-refractivity contribution in [2.24, 2.45) is 0 Å². The van der Waals surface area contributed by atoms with Crippen molar-refractivity contribution in [2.45, 2.75) is 40.3 Å². The van der Waals surface area contributed by atoms with Crippen molar-refractivity contribution in [1.29, 1.82) is 0 Å². The number of nitrogens with zero attached hydrogens (tertiary/aromatic N) is 2. The molecule has 140 valence electrons. The minimum absolute atomic E-state index is 0.151. The summed E-state index contributed by atoms with van der Waals surface area (Å²) in [7, 11) is 0. The lowest BCUT2D eigenvalue weighted by atomic mass is 10.1. The van der Waals surface area contributed by atoms with E-state index < -0.39 is 6.10 Å². The number of nitrogens with one attached hydrogen (secondary N) is 1. The molecule has 6 nitrogen and oxygen atoms in total. The zero-order valence-corrected chi connectivity index (χ0v) is 15.9. The quantitative estimate of drug-likeness (QED) is 0.720. The van der Waals surface area contributed by atoms with Crippen LogP contribution in [0.2, 0.25) is 0 Å². The number of carbonyl (C=O) groups is 1. The molecule has 1 amide bonds. The Balaban J connectivity index is 1.56. The summed E-state index contributed by atoms with van der Waals surface area (Å²) in [6, 6.07) is 13.7. The second kappa shape index (κ2) is 8.03. The first-order valence-electron chi connectivity index (χ1n) is 8.83. The Kier molecular flexibility index (Phi) is 5.54. The molecule has 1 aromatic heterocycles. The van der Waals surface area contributed by atoms with Gasteiger partial charge in [-0.1, -0.05) is 52.7 Å². The van der Waals surface area contributed by atoms with Gasteiger partial charge in [-0.15, -0.1) is 0 Å². The Morgan fingerprint density at radius 1 is 1.11 bits per heavy atom. The Labute approximate surface area is 158 Å². The lowest BCUT2D eigenvalue weighted by Crippen LogP contribution is -2.36. The van der Waals surface area contributed by atoms with E-state index >= 15 is 0 Å². The number of aryl methyl sites for hydroxylation is 3. The van der Waals surface area contributed by atoms with Gasteiger partial charge >= 0.3 is 0 Å². The number of benzene rings is 2. The van der Waals surface area contributed by atoms with E-state index in [1.165, 1.54) is 0 Å². The van der Waals surface area contributed by atoms with Crippen molar-refractivity contribution in [3.63, 3.8) is 0 Å². The lowest BCUT2D eigenvalue weighted by molar-refractivity contribution is -0.127. The summed E-state index contributed by atoms with van der Waals surface area (Å²) in [6.45, 7) is 7.85. The zero-order chi connectivity index (χ0) is 19.4. The smallest absolute Gasteiger partial charge is 0.261 e. The first kappa shape index (κ1) is 18.6. The topological polar surface area (TPSA) is 77.2 Å². The highest BCUT2D eigenvalue weighted by Crippen LogP contribution is 2.20. The van der Waals surface area contributed by atoms with Crippen LogP contribution in [0, 0.1) is 20.8 Å². The third kappa shape index (κ3) is 4.73. The van der Waals surface area contributed by atoms with Crippen molar-refractivity contribution in [3.05, 3.63) is 65.0 Å². The number of carbonyl (C=O) groups excluding carboxylic acids is 1. The number of amides is 1. The van der Waals surface area contributed by atoms with Crippen LogP contribution in [0.1, 0.15) is 29.5 Å². The van der Waals surface area contributed by atoms with Gasteiger partial charge in [0.1, 0.15) is 5.75 Å². The maximum atomic E-state index is 12.3. The fourth-order valence-electron chi connectivity index (χ4n) is 2.63. The molecule has 1 N–H and O–H groups in total. The van der Waals surface area contributed by atoms with Crippen molar-refractivity contribution in [3.8, 4) is 17.1 Å². The number of hydrogen-bond donors (Lipinski definition) is 1. The zero-order valence-electron chi connectivity index (χ0n) is 15.9. The van der Waals surface area contributed by atoms with E-state index in [1.807, 2.05) is 63.2 Å². The van der Waals surface area contributed by atoms with Gasteiger partial charge in [0.2, 0.25) is 11.7 Å². The maximum absolute atomic E-state index is 12.3. The SMILES string of the molecule is Cc1ccc(-c2noc(CNC(=O)C(C)Oc3ccc(C)cc3C)n2)cc1. The highest BCUT2D eigenvalue weighted by atomic mass is 16.5. The molecule has 0 bridgehead atoms. The molecule has 0 spiro atoms. The summed E-state index contributed by atoms with van der Waals surface area (Å²) >= 11 is 0. The lowest BCUT2D eigenvalue weighted by Gasteiger charge is -2.16. The molecule has 1 unspecified atom stereocenters. The number of hydrogen-bond acceptors (Lipinski definition) is 5. The average Bonchev–Trinajstić information content (AvgIpc) is 3.11. The highest BCUT2D eigenvalue weighted by molar-refractivity contribution is 5.80. The van der Waals surface area contributed by atoms with Gasteiger partial charge in [-0.3, -0.25) is 4.79 Å². The van der Waals surface area contributed by atoms with E-state index in [-0.39, 0.29) is 12.5 Å². The number of ether oxygens (including phenoxy) is 1. The fraction of sp³-hybridized carbons (Fsp3) is 0.286. The second-order valence-electron chi connectivity index (χ2n) is 6.62. The fourth-order valence-corrected chi connectivity index (χ4v) is 2.63. The van der Waals surface area contributed by atoms with E-state index in [4.69, 9.17) is 9.26 Å². The van der Waals surface area contributed by atoms with Gasteiger partial charge in [-0.05, 0) is 39.3 Å². The average molecular weight is 365 g/mol. The molecule has 0 aliphatic heterocycles. The van der Waals surface area contributed by atoms with Gasteiger partial charge in [0, 0.05) is 5.56 Å². The Bertz CT molecular complexity index is 932. The molecule has 1 heterocycles. The third-order valence-corrected chi connectivity index (χ3v) is 4.20. The van der Waals surface area contributed by atoms with Gasteiger partial charge in [0.25, 0.3) is 5.91 Å². The summed E-state index contributed by atoms with van der Waals surface area (Å²) in [4.78, 5) is 16.6. The molecule has 2 aromatic carbocycles. The van der Waals surface area contributed by atoms with Crippen molar-refractivity contribution in [2.75, 3.05) is 0 Å². The van der Waals surface area contributed by atoms with E-state index in [0.29, 0.717) is 17.5 Å². The van der Waals surface area contributed by atoms with E-state index in [9.17, 15) is 4.79 Å². The normalized spacial score (nSPS) is 11.9. The van der Waals surface area contributed by atoms with Crippen molar-refractivity contribution in [1.82, 2.24) is 15.5 Å². The third-order valence-electron chi connectivity index (χ3n) is 4.20. The molecular formula is C21H23N3O3. The first-order valence-corrected chi connectivity index (χ1v) is 8.83. The Morgan fingerprint density at radius 3 is 2.52 bits per heavy atom. The molecule has 0 saturated carbocycles. The second-order valence-corrected chi connectivity index (χ2v) is 6.62. The van der Waals surface area contributed by atoms with Crippen LogP contribution in [0.5, 0.6) is 5.75 Å². The van der Waals surface area contributed by atoms with E-state index in [2.05, 4.69) is 15.5 Å². The molecule has 1 atom stereocenters. The minimum atomic E-state index is -0.633. The van der Waals surface area contributed by atoms with Crippen LogP contribution in [0.15, 0.2) is 47.0 Å². The summed E-state index contributed by atoms with van der Waals surface area (Å²) in [5.74, 6) is 1.30. The van der Waals surface area contributed by atoms with Crippen molar-refractivity contribution >= 4 is 5.91 Å². The number of aromatic nitrogens is 2. The van der Waals surface area contributed by atoms with E-state index in [1.54, 1.807) is 6.92 Å². The summed E-state index contributed by atoms with van der Waals surface area (Å²) in [5.41, 5.74) is 4.17. The van der Waals surface area contributed by atoms with Crippen LogP contribution in [0.3, 0.4) is 0 Å². The van der Waals surface area contributed by atoms with Crippen LogP contribution >= 0.6 is 0 Å². The molecule has 0 radical (unpaired) electrons. The molecule has 0 saturated heterocycles. The molecule has 0 aliphatic rings. The number of rotatable bonds is 6. The van der Waals surface area contributed by atoms with Gasteiger partial charge in [-0.2, -0.15) is 4.98 Å². The van der Waals surface area contributed by atoms with Crippen LogP contribution in [-0.2, 0) is 11.3 Å². The molecule has 0 aliphatic carbocycles. The van der Waals surface area contributed by atoms with Gasteiger partial charge in [-0.25, -0.2) is 0 Å². The molecule has 6 heteroatoms.